The first-order chi connectivity index (χ1) is 15.0. The maximum atomic E-state index is 12.5. The largest absolute Gasteiger partial charge is 0.486 e. The van der Waals surface area contributed by atoms with Gasteiger partial charge in [-0.2, -0.15) is 0 Å². The first-order valence-electron chi connectivity index (χ1n) is 9.58. The molecule has 0 bridgehead atoms. The number of amides is 2. The molecule has 0 aliphatic carbocycles. The summed E-state index contributed by atoms with van der Waals surface area (Å²) in [7, 11) is 0. The summed E-state index contributed by atoms with van der Waals surface area (Å²) in [5.41, 5.74) is 6.26. The first-order valence-corrected chi connectivity index (χ1v) is 10.6. The monoisotopic (exact) mass is 443 g/mol. The predicted octanol–water partition coefficient (Wildman–Crippen LogP) is 1.76. The number of hydrogen-bond acceptors (Lipinski definition) is 8. The van der Waals surface area contributed by atoms with Gasteiger partial charge in [-0.15, -0.1) is 10.2 Å². The van der Waals surface area contributed by atoms with Crippen molar-refractivity contribution in [3.05, 3.63) is 42.2 Å². The Hall–Kier alpha value is -3.47. The van der Waals surface area contributed by atoms with Gasteiger partial charge in [0.2, 0.25) is 17.6 Å². The van der Waals surface area contributed by atoms with Crippen molar-refractivity contribution in [2.45, 2.75) is 24.7 Å². The summed E-state index contributed by atoms with van der Waals surface area (Å²) < 4.78 is 18.0. The molecule has 1 aliphatic rings. The minimum atomic E-state index is -0.550. The molecule has 2 amide bonds. The van der Waals surface area contributed by atoms with E-state index in [-0.39, 0.29) is 24.2 Å². The van der Waals surface area contributed by atoms with Gasteiger partial charge in [0, 0.05) is 0 Å². The minimum absolute atomic E-state index is 0.0872. The molecule has 4 rings (SSSR count). The highest BCUT2D eigenvalue weighted by atomic mass is 32.2. The Bertz CT molecular complexity index is 1080. The van der Waals surface area contributed by atoms with E-state index >= 15 is 0 Å². The minimum Gasteiger partial charge on any atom is -0.486 e. The van der Waals surface area contributed by atoms with Gasteiger partial charge in [0.25, 0.3) is 0 Å². The van der Waals surface area contributed by atoms with E-state index in [1.54, 1.807) is 12.1 Å². The van der Waals surface area contributed by atoms with E-state index in [0.29, 0.717) is 41.5 Å². The summed E-state index contributed by atoms with van der Waals surface area (Å²) in [6, 6.07) is 8.78. The first kappa shape index (κ1) is 20.8. The van der Waals surface area contributed by atoms with Crippen LogP contribution in [0.5, 0.6) is 11.5 Å². The molecule has 162 valence electrons. The number of nitrogens with two attached hydrogens (primary N) is 1. The standard InChI is InChI=1S/C20H21N5O5S/c1-12(13-4-5-14-16(9-13)30-8-7-29-14)22-18(27)11-31-20-24-23-19(15-3-2-6-28-15)25(20)10-17(21)26/h2-6,9,12H,7-8,10-11H2,1H3,(H2,21,26)(H,22,27)/t12-/m1/s1. The van der Waals surface area contributed by atoms with Crippen molar-refractivity contribution < 1.29 is 23.5 Å². The van der Waals surface area contributed by atoms with E-state index in [1.807, 2.05) is 25.1 Å². The van der Waals surface area contributed by atoms with E-state index in [2.05, 4.69) is 15.5 Å². The van der Waals surface area contributed by atoms with Crippen molar-refractivity contribution in [1.82, 2.24) is 20.1 Å². The molecule has 2 aromatic heterocycles. The van der Waals surface area contributed by atoms with E-state index in [1.165, 1.54) is 10.8 Å². The highest BCUT2D eigenvalue weighted by Crippen LogP contribution is 2.32. The van der Waals surface area contributed by atoms with Crippen molar-refractivity contribution in [3.63, 3.8) is 0 Å². The van der Waals surface area contributed by atoms with Crippen molar-refractivity contribution in [2.24, 2.45) is 5.73 Å². The number of hydrogen-bond donors (Lipinski definition) is 2. The van der Waals surface area contributed by atoms with Crippen LogP contribution >= 0.6 is 11.8 Å². The Kier molecular flexibility index (Phi) is 6.12. The predicted molar refractivity (Wildman–Crippen MR) is 112 cm³/mol. The molecule has 31 heavy (non-hydrogen) atoms. The maximum Gasteiger partial charge on any atom is 0.237 e. The van der Waals surface area contributed by atoms with Crippen LogP contribution in [0.3, 0.4) is 0 Å². The van der Waals surface area contributed by atoms with E-state index in [0.717, 1.165) is 17.3 Å². The molecular weight excluding hydrogens is 422 g/mol. The number of furan rings is 1. The molecule has 0 spiro atoms. The molecule has 0 fully saturated rings. The van der Waals surface area contributed by atoms with Crippen molar-refractivity contribution in [1.29, 1.82) is 0 Å². The molecule has 0 radical (unpaired) electrons. The smallest absolute Gasteiger partial charge is 0.237 e. The number of carbonyl (C=O) groups excluding carboxylic acids is 2. The number of nitrogens with zero attached hydrogens (tertiary/aromatic N) is 3. The van der Waals surface area contributed by atoms with Crippen LogP contribution in [-0.2, 0) is 16.1 Å². The molecule has 3 heterocycles. The zero-order valence-corrected chi connectivity index (χ0v) is 17.6. The van der Waals surface area contributed by atoms with Gasteiger partial charge in [0.05, 0.1) is 18.1 Å². The Morgan fingerprint density at radius 1 is 1.23 bits per heavy atom. The fraction of sp³-hybridized carbons (Fsp3) is 0.300. The second-order valence-corrected chi connectivity index (χ2v) is 7.76. The third kappa shape index (κ3) is 4.82. The Morgan fingerprint density at radius 3 is 2.77 bits per heavy atom. The lowest BCUT2D eigenvalue weighted by atomic mass is 10.1. The Morgan fingerprint density at radius 2 is 2.03 bits per heavy atom. The zero-order chi connectivity index (χ0) is 21.8. The Balaban J connectivity index is 1.40. The number of ether oxygens (including phenoxy) is 2. The highest BCUT2D eigenvalue weighted by molar-refractivity contribution is 7.99. The van der Waals surface area contributed by atoms with Crippen molar-refractivity contribution in [2.75, 3.05) is 19.0 Å². The number of nitrogens with one attached hydrogen (secondary N) is 1. The summed E-state index contributed by atoms with van der Waals surface area (Å²) in [4.78, 5) is 24.0. The van der Waals surface area contributed by atoms with Gasteiger partial charge in [-0.25, -0.2) is 0 Å². The SMILES string of the molecule is C[C@@H](NC(=O)CSc1nnc(-c2ccco2)n1CC(N)=O)c1ccc2c(c1)OCCO2. The number of fused-ring (bicyclic) bond motifs is 1. The maximum absolute atomic E-state index is 12.5. The summed E-state index contributed by atoms with van der Waals surface area (Å²) in [6.45, 7) is 2.79. The highest BCUT2D eigenvalue weighted by Gasteiger charge is 2.20. The number of thioether (sulfide) groups is 1. The molecule has 0 unspecified atom stereocenters. The van der Waals surface area contributed by atoms with Crippen LogP contribution in [0, 0.1) is 0 Å². The molecule has 3 aromatic rings. The van der Waals surface area contributed by atoms with Gasteiger partial charge in [0.15, 0.2) is 22.4 Å². The second kappa shape index (κ2) is 9.13. The zero-order valence-electron chi connectivity index (χ0n) is 16.7. The normalized spacial score (nSPS) is 13.6. The number of benzene rings is 1. The fourth-order valence-electron chi connectivity index (χ4n) is 3.11. The summed E-state index contributed by atoms with van der Waals surface area (Å²) in [5, 5.41) is 11.5. The average molecular weight is 443 g/mol. The van der Waals surface area contributed by atoms with Gasteiger partial charge in [-0.05, 0) is 36.8 Å². The third-order valence-corrected chi connectivity index (χ3v) is 5.52. The summed E-state index contributed by atoms with van der Waals surface area (Å²) >= 11 is 1.16. The molecule has 10 nitrogen and oxygen atoms in total. The summed E-state index contributed by atoms with van der Waals surface area (Å²) in [5.74, 6) is 1.54. The van der Waals surface area contributed by atoms with Crippen LogP contribution in [0.4, 0.5) is 0 Å². The lowest BCUT2D eigenvalue weighted by molar-refractivity contribution is -0.119. The van der Waals surface area contributed by atoms with Crippen LogP contribution in [0.25, 0.3) is 11.6 Å². The lowest BCUT2D eigenvalue weighted by Gasteiger charge is -2.21. The van der Waals surface area contributed by atoms with Crippen LogP contribution in [0.2, 0.25) is 0 Å². The molecule has 3 N–H and O–H groups in total. The molecule has 1 atom stereocenters. The third-order valence-electron chi connectivity index (χ3n) is 4.55. The van der Waals surface area contributed by atoms with Gasteiger partial charge in [0.1, 0.15) is 19.8 Å². The van der Waals surface area contributed by atoms with E-state index in [4.69, 9.17) is 19.6 Å². The Labute approximate surface area is 182 Å². The van der Waals surface area contributed by atoms with Crippen LogP contribution in [-0.4, -0.2) is 45.5 Å². The molecular formula is C20H21N5O5S. The molecule has 0 saturated heterocycles. The summed E-state index contributed by atoms with van der Waals surface area (Å²) in [6.07, 6.45) is 1.50. The lowest BCUT2D eigenvalue weighted by Crippen LogP contribution is -2.28. The van der Waals surface area contributed by atoms with Gasteiger partial charge < -0.3 is 24.9 Å². The number of aromatic nitrogens is 3. The quantitative estimate of drug-likeness (QED) is 0.503. The van der Waals surface area contributed by atoms with Crippen LogP contribution in [0.1, 0.15) is 18.5 Å². The van der Waals surface area contributed by atoms with Gasteiger partial charge in [-0.1, -0.05) is 17.8 Å². The fourth-order valence-corrected chi connectivity index (χ4v) is 3.86. The van der Waals surface area contributed by atoms with Crippen LogP contribution < -0.4 is 20.5 Å². The van der Waals surface area contributed by atoms with Gasteiger partial charge >= 0.3 is 0 Å². The number of rotatable bonds is 8. The topological polar surface area (TPSA) is 135 Å². The number of carbonyl (C=O) groups is 2. The van der Waals surface area contributed by atoms with Gasteiger partial charge in [-0.3, -0.25) is 14.2 Å². The molecule has 1 aromatic carbocycles. The molecule has 1 aliphatic heterocycles. The van der Waals surface area contributed by atoms with E-state index < -0.39 is 5.91 Å². The number of primary amides is 1. The second-order valence-electron chi connectivity index (χ2n) is 6.82. The average Bonchev–Trinajstić information content (AvgIpc) is 3.41. The van der Waals surface area contributed by atoms with Crippen molar-refractivity contribution >= 4 is 23.6 Å². The molecule has 0 saturated carbocycles. The van der Waals surface area contributed by atoms with Crippen molar-refractivity contribution in [3.8, 4) is 23.1 Å². The molecule has 11 heteroatoms. The van der Waals surface area contributed by atoms with Crippen LogP contribution in [0.15, 0.2) is 46.2 Å². The van der Waals surface area contributed by atoms with E-state index in [9.17, 15) is 9.59 Å².